The van der Waals surface area contributed by atoms with Crippen molar-refractivity contribution in [1.82, 2.24) is 0 Å². The summed E-state index contributed by atoms with van der Waals surface area (Å²) in [5, 5.41) is 0. The molecule has 2 aromatic carbocycles. The molecule has 0 aliphatic carbocycles. The summed E-state index contributed by atoms with van der Waals surface area (Å²) >= 11 is 0. The van der Waals surface area contributed by atoms with Gasteiger partial charge in [0.2, 0.25) is 0 Å². The van der Waals surface area contributed by atoms with Gasteiger partial charge < -0.3 is 10.5 Å². The minimum atomic E-state index is -0.114. The Hall–Kier alpha value is -1.64. The lowest BCUT2D eigenvalue weighted by Gasteiger charge is -2.31. The van der Waals surface area contributed by atoms with E-state index in [2.05, 4.69) is 56.3 Å². The smallest absolute Gasteiger partial charge is 0.102 e. The van der Waals surface area contributed by atoms with Gasteiger partial charge in [-0.3, -0.25) is 0 Å². The van der Waals surface area contributed by atoms with Crippen LogP contribution in [0.15, 0.2) is 42.5 Å². The van der Waals surface area contributed by atoms with Crippen molar-refractivity contribution in [3.8, 4) is 0 Å². The van der Waals surface area contributed by atoms with Crippen molar-refractivity contribution in [3.63, 3.8) is 0 Å². The Labute approximate surface area is 120 Å². The van der Waals surface area contributed by atoms with E-state index in [0.29, 0.717) is 0 Å². The Morgan fingerprint density at radius 2 is 1.95 bits per heavy atom. The average molecular weight is 267 g/mol. The molecular weight excluding hydrogens is 246 g/mol. The lowest BCUT2D eigenvalue weighted by molar-refractivity contribution is 0.0240. The van der Waals surface area contributed by atoms with Crippen molar-refractivity contribution in [2.45, 2.75) is 32.4 Å². The molecule has 1 aliphatic rings. The van der Waals surface area contributed by atoms with Gasteiger partial charge >= 0.3 is 0 Å². The van der Waals surface area contributed by atoms with Crippen molar-refractivity contribution in [2.75, 3.05) is 6.61 Å². The van der Waals surface area contributed by atoms with Gasteiger partial charge in [0, 0.05) is 0 Å². The summed E-state index contributed by atoms with van der Waals surface area (Å²) in [6.07, 6.45) is 0.937. The third kappa shape index (κ3) is 2.37. The molecule has 0 fully saturated rings. The van der Waals surface area contributed by atoms with Crippen LogP contribution in [0.25, 0.3) is 0 Å². The predicted octanol–water partition coefficient (Wildman–Crippen LogP) is 3.62. The van der Waals surface area contributed by atoms with Crippen LogP contribution in [0.1, 0.15) is 40.0 Å². The molecule has 0 amide bonds. The Balaban J connectivity index is 1.99. The van der Waals surface area contributed by atoms with Crippen LogP contribution >= 0.6 is 0 Å². The van der Waals surface area contributed by atoms with Crippen LogP contribution in [-0.2, 0) is 11.2 Å². The number of hydrogen-bond donors (Lipinski definition) is 1. The van der Waals surface area contributed by atoms with Crippen molar-refractivity contribution >= 4 is 0 Å². The van der Waals surface area contributed by atoms with Crippen LogP contribution < -0.4 is 5.73 Å². The summed E-state index contributed by atoms with van der Waals surface area (Å²) in [6, 6.07) is 14.8. The molecule has 1 aliphatic heterocycles. The van der Waals surface area contributed by atoms with Gasteiger partial charge in [0.05, 0.1) is 12.6 Å². The quantitative estimate of drug-likeness (QED) is 0.902. The Morgan fingerprint density at radius 3 is 2.80 bits per heavy atom. The van der Waals surface area contributed by atoms with E-state index in [4.69, 9.17) is 10.5 Å². The standard InChI is InChI=1S/C18H21NO/c1-12-7-8-13(2)16(11-12)17(19)18-15-6-4-3-5-14(15)9-10-20-18/h3-8,11,17-18H,9-10,19H2,1-2H3. The molecule has 2 aromatic rings. The number of hydrogen-bond acceptors (Lipinski definition) is 2. The van der Waals surface area contributed by atoms with E-state index < -0.39 is 0 Å². The molecule has 104 valence electrons. The highest BCUT2D eigenvalue weighted by Gasteiger charge is 2.28. The zero-order valence-electron chi connectivity index (χ0n) is 12.1. The molecule has 2 nitrogen and oxygen atoms in total. The second kappa shape index (κ2) is 5.39. The number of fused-ring (bicyclic) bond motifs is 1. The Bertz CT molecular complexity index is 621. The van der Waals surface area contributed by atoms with Gasteiger partial charge in [-0.25, -0.2) is 0 Å². The normalized spacial score (nSPS) is 19.4. The van der Waals surface area contributed by atoms with Gasteiger partial charge in [0.1, 0.15) is 6.10 Å². The maximum Gasteiger partial charge on any atom is 0.102 e. The molecule has 1 heterocycles. The predicted molar refractivity (Wildman–Crippen MR) is 81.7 cm³/mol. The fraction of sp³-hybridized carbons (Fsp3) is 0.333. The van der Waals surface area contributed by atoms with Gasteiger partial charge in [0.15, 0.2) is 0 Å². The summed E-state index contributed by atoms with van der Waals surface area (Å²) < 4.78 is 5.99. The summed E-state index contributed by atoms with van der Waals surface area (Å²) in [7, 11) is 0. The molecule has 0 saturated heterocycles. The van der Waals surface area contributed by atoms with Gasteiger partial charge in [-0.2, -0.15) is 0 Å². The molecule has 0 spiro atoms. The molecule has 0 saturated carbocycles. The van der Waals surface area contributed by atoms with Crippen LogP contribution in [0.5, 0.6) is 0 Å². The van der Waals surface area contributed by atoms with Crippen LogP contribution in [0.2, 0.25) is 0 Å². The summed E-state index contributed by atoms with van der Waals surface area (Å²) in [5.41, 5.74) is 12.8. The molecular formula is C18H21NO. The summed E-state index contributed by atoms with van der Waals surface area (Å²) in [5.74, 6) is 0. The highest BCUT2D eigenvalue weighted by Crippen LogP contribution is 2.36. The minimum absolute atomic E-state index is 0.0413. The molecule has 0 radical (unpaired) electrons. The van der Waals surface area contributed by atoms with Crippen molar-refractivity contribution < 1.29 is 4.74 Å². The van der Waals surface area contributed by atoms with E-state index in [1.165, 1.54) is 27.8 Å². The Morgan fingerprint density at radius 1 is 1.15 bits per heavy atom. The SMILES string of the molecule is Cc1ccc(C)c(C(N)C2OCCc3ccccc32)c1. The van der Waals surface area contributed by atoms with Crippen molar-refractivity contribution in [2.24, 2.45) is 5.73 Å². The topological polar surface area (TPSA) is 35.2 Å². The second-order valence-corrected chi connectivity index (χ2v) is 5.63. The third-order valence-electron chi connectivity index (χ3n) is 4.15. The first-order valence-corrected chi connectivity index (χ1v) is 7.19. The average Bonchev–Trinajstić information content (AvgIpc) is 2.48. The molecule has 0 aromatic heterocycles. The first-order valence-electron chi connectivity index (χ1n) is 7.19. The number of rotatable bonds is 2. The highest BCUT2D eigenvalue weighted by molar-refractivity contribution is 5.38. The maximum atomic E-state index is 6.53. The lowest BCUT2D eigenvalue weighted by Crippen LogP contribution is -2.27. The van der Waals surface area contributed by atoms with Crippen molar-refractivity contribution in [3.05, 3.63) is 70.3 Å². The lowest BCUT2D eigenvalue weighted by atomic mass is 9.88. The van der Waals surface area contributed by atoms with E-state index >= 15 is 0 Å². The Kier molecular flexibility index (Phi) is 3.60. The number of benzene rings is 2. The van der Waals surface area contributed by atoms with Gasteiger partial charge in [0.25, 0.3) is 0 Å². The molecule has 2 heteroatoms. The molecule has 2 unspecified atom stereocenters. The van der Waals surface area contributed by atoms with E-state index in [9.17, 15) is 0 Å². The van der Waals surface area contributed by atoms with Gasteiger partial charge in [-0.05, 0) is 42.5 Å². The monoisotopic (exact) mass is 267 g/mol. The molecule has 3 rings (SSSR count). The number of ether oxygens (including phenoxy) is 1. The van der Waals surface area contributed by atoms with E-state index in [-0.39, 0.29) is 12.1 Å². The van der Waals surface area contributed by atoms with Gasteiger partial charge in [-0.1, -0.05) is 48.0 Å². The minimum Gasteiger partial charge on any atom is -0.371 e. The molecule has 20 heavy (non-hydrogen) atoms. The number of nitrogens with two attached hydrogens (primary N) is 1. The third-order valence-corrected chi connectivity index (χ3v) is 4.15. The number of aryl methyl sites for hydroxylation is 2. The van der Waals surface area contributed by atoms with Crippen LogP contribution in [0.3, 0.4) is 0 Å². The van der Waals surface area contributed by atoms with Crippen LogP contribution in [-0.4, -0.2) is 6.61 Å². The first kappa shape index (κ1) is 13.3. The van der Waals surface area contributed by atoms with Gasteiger partial charge in [-0.15, -0.1) is 0 Å². The van der Waals surface area contributed by atoms with E-state index in [0.717, 1.165) is 13.0 Å². The summed E-state index contributed by atoms with van der Waals surface area (Å²) in [4.78, 5) is 0. The molecule has 2 atom stereocenters. The van der Waals surface area contributed by atoms with Crippen molar-refractivity contribution in [1.29, 1.82) is 0 Å². The second-order valence-electron chi connectivity index (χ2n) is 5.63. The van der Waals surface area contributed by atoms with Crippen LogP contribution in [0.4, 0.5) is 0 Å². The maximum absolute atomic E-state index is 6.53. The van der Waals surface area contributed by atoms with Crippen LogP contribution in [0, 0.1) is 13.8 Å². The molecule has 0 bridgehead atoms. The molecule has 2 N–H and O–H groups in total. The first-order chi connectivity index (χ1) is 9.66. The zero-order valence-corrected chi connectivity index (χ0v) is 12.1. The summed E-state index contributed by atoms with van der Waals surface area (Å²) in [6.45, 7) is 4.97. The van der Waals surface area contributed by atoms with E-state index in [1.807, 2.05) is 0 Å². The largest absolute Gasteiger partial charge is 0.371 e. The highest BCUT2D eigenvalue weighted by atomic mass is 16.5. The zero-order chi connectivity index (χ0) is 14.1. The van der Waals surface area contributed by atoms with E-state index in [1.54, 1.807) is 0 Å². The fourth-order valence-electron chi connectivity index (χ4n) is 3.00. The fourth-order valence-corrected chi connectivity index (χ4v) is 3.00.